The third kappa shape index (κ3) is 5.16. The molecule has 0 bridgehead atoms. The average molecular weight is 340 g/mol. The lowest BCUT2D eigenvalue weighted by molar-refractivity contribution is 0.102. The Balaban J connectivity index is 1.51. The molecule has 2 N–H and O–H groups in total. The minimum absolute atomic E-state index is 0.170. The number of carbonyl (C=O) groups is 1. The molecule has 1 amide bonds. The SMILES string of the molecule is CC(C)Cc1cc(C(=O)Nc2ccc(CCN3CCCC3)cc2)n[nH]1. The van der Waals surface area contributed by atoms with Gasteiger partial charge in [0.1, 0.15) is 0 Å². The molecule has 0 saturated carbocycles. The molecule has 5 heteroatoms. The molecule has 25 heavy (non-hydrogen) atoms. The maximum atomic E-state index is 12.3. The predicted octanol–water partition coefficient (Wildman–Crippen LogP) is 3.50. The topological polar surface area (TPSA) is 61.0 Å². The van der Waals surface area contributed by atoms with Gasteiger partial charge < -0.3 is 10.2 Å². The van der Waals surface area contributed by atoms with Crippen LogP contribution in [0.15, 0.2) is 30.3 Å². The number of hydrogen-bond donors (Lipinski definition) is 2. The van der Waals surface area contributed by atoms with Crippen molar-refractivity contribution in [2.75, 3.05) is 25.0 Å². The molecule has 0 unspecified atom stereocenters. The van der Waals surface area contributed by atoms with Crippen molar-refractivity contribution in [2.24, 2.45) is 5.92 Å². The van der Waals surface area contributed by atoms with Gasteiger partial charge in [0.25, 0.3) is 5.91 Å². The van der Waals surface area contributed by atoms with Crippen LogP contribution in [0.25, 0.3) is 0 Å². The number of amides is 1. The zero-order chi connectivity index (χ0) is 17.6. The molecule has 5 nitrogen and oxygen atoms in total. The van der Waals surface area contributed by atoms with Crippen LogP contribution in [0.2, 0.25) is 0 Å². The van der Waals surface area contributed by atoms with Gasteiger partial charge in [-0.3, -0.25) is 9.89 Å². The number of aromatic amines is 1. The van der Waals surface area contributed by atoms with Crippen molar-refractivity contribution in [3.05, 3.63) is 47.3 Å². The summed E-state index contributed by atoms with van der Waals surface area (Å²) < 4.78 is 0. The molecule has 134 valence electrons. The van der Waals surface area contributed by atoms with E-state index in [1.807, 2.05) is 18.2 Å². The summed E-state index contributed by atoms with van der Waals surface area (Å²) in [7, 11) is 0. The first-order valence-corrected chi connectivity index (χ1v) is 9.27. The van der Waals surface area contributed by atoms with Crippen LogP contribution in [0.3, 0.4) is 0 Å². The van der Waals surface area contributed by atoms with Gasteiger partial charge in [-0.1, -0.05) is 26.0 Å². The van der Waals surface area contributed by atoms with Gasteiger partial charge in [-0.2, -0.15) is 5.10 Å². The van der Waals surface area contributed by atoms with Crippen molar-refractivity contribution in [3.63, 3.8) is 0 Å². The van der Waals surface area contributed by atoms with Gasteiger partial charge in [-0.25, -0.2) is 0 Å². The number of hydrogen-bond acceptors (Lipinski definition) is 3. The van der Waals surface area contributed by atoms with E-state index in [1.54, 1.807) is 0 Å². The van der Waals surface area contributed by atoms with E-state index in [2.05, 4.69) is 46.4 Å². The third-order valence-electron chi connectivity index (χ3n) is 4.62. The lowest BCUT2D eigenvalue weighted by atomic mass is 10.1. The summed E-state index contributed by atoms with van der Waals surface area (Å²) >= 11 is 0. The number of anilines is 1. The predicted molar refractivity (Wildman–Crippen MR) is 101 cm³/mol. The van der Waals surface area contributed by atoms with E-state index in [4.69, 9.17) is 0 Å². The Labute approximate surface area is 149 Å². The minimum Gasteiger partial charge on any atom is -0.321 e. The molecule has 3 rings (SSSR count). The van der Waals surface area contributed by atoms with Gasteiger partial charge in [0.05, 0.1) is 0 Å². The first kappa shape index (κ1) is 17.7. The van der Waals surface area contributed by atoms with Crippen molar-refractivity contribution in [1.82, 2.24) is 15.1 Å². The first-order valence-electron chi connectivity index (χ1n) is 9.27. The molecule has 2 aromatic rings. The Kier molecular flexibility index (Phi) is 5.87. The Morgan fingerprint density at radius 1 is 1.24 bits per heavy atom. The van der Waals surface area contributed by atoms with Crippen LogP contribution < -0.4 is 5.32 Å². The standard InChI is InChI=1S/C20H28N4O/c1-15(2)13-18-14-19(23-22-18)20(25)21-17-7-5-16(6-8-17)9-12-24-10-3-4-11-24/h5-8,14-15H,3-4,9-13H2,1-2H3,(H,21,25)(H,22,23). The molecular weight excluding hydrogens is 312 g/mol. The highest BCUT2D eigenvalue weighted by atomic mass is 16.1. The molecule has 0 aliphatic carbocycles. The number of benzene rings is 1. The molecule has 0 radical (unpaired) electrons. The molecule has 1 aromatic heterocycles. The van der Waals surface area contributed by atoms with E-state index in [0.717, 1.165) is 30.8 Å². The monoisotopic (exact) mass is 340 g/mol. The summed E-state index contributed by atoms with van der Waals surface area (Å²) in [6, 6.07) is 9.97. The molecule has 1 aliphatic rings. The number of H-pyrrole nitrogens is 1. The molecular formula is C20H28N4O. The van der Waals surface area contributed by atoms with Gasteiger partial charge >= 0.3 is 0 Å². The quantitative estimate of drug-likeness (QED) is 0.811. The summed E-state index contributed by atoms with van der Waals surface area (Å²) in [6.07, 6.45) is 4.62. The van der Waals surface area contributed by atoms with Gasteiger partial charge in [-0.15, -0.1) is 0 Å². The molecule has 1 saturated heterocycles. The van der Waals surface area contributed by atoms with Crippen molar-refractivity contribution < 1.29 is 4.79 Å². The van der Waals surface area contributed by atoms with Gasteiger partial charge in [0.15, 0.2) is 5.69 Å². The second-order valence-electron chi connectivity index (χ2n) is 7.33. The number of aromatic nitrogens is 2. The second-order valence-corrected chi connectivity index (χ2v) is 7.33. The maximum absolute atomic E-state index is 12.3. The minimum atomic E-state index is -0.170. The zero-order valence-electron chi connectivity index (χ0n) is 15.2. The largest absolute Gasteiger partial charge is 0.321 e. The molecule has 0 spiro atoms. The molecule has 2 heterocycles. The first-order chi connectivity index (χ1) is 12.1. The van der Waals surface area contributed by atoms with Crippen molar-refractivity contribution in [3.8, 4) is 0 Å². The van der Waals surface area contributed by atoms with E-state index < -0.39 is 0 Å². The summed E-state index contributed by atoms with van der Waals surface area (Å²) in [4.78, 5) is 14.8. The Bertz CT molecular complexity index is 684. The fraction of sp³-hybridized carbons (Fsp3) is 0.500. The molecule has 1 fully saturated rings. The highest BCUT2D eigenvalue weighted by molar-refractivity contribution is 6.02. The van der Waals surface area contributed by atoms with Crippen molar-refractivity contribution in [1.29, 1.82) is 0 Å². The normalized spacial score (nSPS) is 15.0. The maximum Gasteiger partial charge on any atom is 0.276 e. The van der Waals surface area contributed by atoms with Crippen molar-refractivity contribution >= 4 is 11.6 Å². The zero-order valence-corrected chi connectivity index (χ0v) is 15.2. The molecule has 1 aliphatic heterocycles. The summed E-state index contributed by atoms with van der Waals surface area (Å²) in [6.45, 7) is 7.88. The summed E-state index contributed by atoms with van der Waals surface area (Å²) in [5.41, 5.74) is 3.55. The highest BCUT2D eigenvalue weighted by Gasteiger charge is 2.12. The van der Waals surface area contributed by atoms with Crippen LogP contribution in [-0.4, -0.2) is 40.6 Å². The summed E-state index contributed by atoms with van der Waals surface area (Å²) in [5, 5.41) is 9.97. The van der Waals surface area contributed by atoms with Crippen LogP contribution in [0.1, 0.15) is 48.4 Å². The smallest absolute Gasteiger partial charge is 0.276 e. The fourth-order valence-electron chi connectivity index (χ4n) is 3.27. The Morgan fingerprint density at radius 2 is 1.96 bits per heavy atom. The van der Waals surface area contributed by atoms with Gasteiger partial charge in [0, 0.05) is 17.9 Å². The number of nitrogens with one attached hydrogen (secondary N) is 2. The lowest BCUT2D eigenvalue weighted by Crippen LogP contribution is -2.21. The third-order valence-corrected chi connectivity index (χ3v) is 4.62. The van der Waals surface area contributed by atoms with Gasteiger partial charge in [-0.05, 0) is 68.5 Å². The second kappa shape index (κ2) is 8.30. The number of likely N-dealkylation sites (tertiary alicyclic amines) is 1. The van der Waals surface area contributed by atoms with Crippen LogP contribution in [0.5, 0.6) is 0 Å². The lowest BCUT2D eigenvalue weighted by Gasteiger charge is -2.14. The molecule has 0 atom stereocenters. The molecule has 1 aromatic carbocycles. The van der Waals surface area contributed by atoms with E-state index in [-0.39, 0.29) is 5.91 Å². The Hall–Kier alpha value is -2.14. The number of rotatable bonds is 7. The number of carbonyl (C=O) groups excluding carboxylic acids is 1. The van der Waals surface area contributed by atoms with E-state index in [0.29, 0.717) is 11.6 Å². The summed E-state index contributed by atoms with van der Waals surface area (Å²) in [5.74, 6) is 0.362. The Morgan fingerprint density at radius 3 is 2.64 bits per heavy atom. The average Bonchev–Trinajstić information content (AvgIpc) is 3.25. The van der Waals surface area contributed by atoms with Crippen LogP contribution in [0.4, 0.5) is 5.69 Å². The fourth-order valence-corrected chi connectivity index (χ4v) is 3.27. The van der Waals surface area contributed by atoms with Crippen LogP contribution in [0, 0.1) is 5.92 Å². The van der Waals surface area contributed by atoms with Gasteiger partial charge in [0.2, 0.25) is 0 Å². The van der Waals surface area contributed by atoms with Crippen LogP contribution >= 0.6 is 0 Å². The van der Waals surface area contributed by atoms with Crippen molar-refractivity contribution in [2.45, 2.75) is 39.5 Å². The van der Waals surface area contributed by atoms with E-state index >= 15 is 0 Å². The highest BCUT2D eigenvalue weighted by Crippen LogP contribution is 2.14. The number of nitrogens with zero attached hydrogens (tertiary/aromatic N) is 2. The van der Waals surface area contributed by atoms with E-state index in [9.17, 15) is 4.79 Å². The van der Waals surface area contributed by atoms with E-state index in [1.165, 1.54) is 31.5 Å². The van der Waals surface area contributed by atoms with Crippen LogP contribution in [-0.2, 0) is 12.8 Å².